The second-order valence-electron chi connectivity index (χ2n) is 5.67. The van der Waals surface area contributed by atoms with Gasteiger partial charge in [-0.15, -0.1) is 0 Å². The monoisotopic (exact) mass is 264 g/mol. The fraction of sp³-hybridized carbons (Fsp3) is 0.714. The summed E-state index contributed by atoms with van der Waals surface area (Å²) in [7, 11) is 0. The van der Waals surface area contributed by atoms with Gasteiger partial charge < -0.3 is 14.2 Å². The molecule has 1 aromatic rings. The fourth-order valence-electron chi connectivity index (χ4n) is 2.98. The maximum Gasteiger partial charge on any atom is 0.259 e. The molecule has 1 atom stereocenters. The van der Waals surface area contributed by atoms with E-state index < -0.39 is 0 Å². The van der Waals surface area contributed by atoms with E-state index in [1.165, 1.54) is 19.1 Å². The molecule has 1 amide bonds. The predicted octanol–water partition coefficient (Wildman–Crippen LogP) is 1.88. The molecule has 1 aromatic heterocycles. The van der Waals surface area contributed by atoms with Crippen LogP contribution in [0.2, 0.25) is 0 Å². The van der Waals surface area contributed by atoms with E-state index in [4.69, 9.17) is 9.26 Å². The lowest BCUT2D eigenvalue weighted by atomic mass is 9.92. The minimum Gasteiger partial charge on any atom is -0.377 e. The summed E-state index contributed by atoms with van der Waals surface area (Å²) in [5, 5.41) is 3.91. The van der Waals surface area contributed by atoms with Gasteiger partial charge in [0, 0.05) is 6.54 Å². The number of carbonyl (C=O) groups is 1. The zero-order chi connectivity index (χ0) is 13.5. The molecule has 5 heteroatoms. The topological polar surface area (TPSA) is 55.6 Å². The molecule has 0 aromatic carbocycles. The van der Waals surface area contributed by atoms with Crippen molar-refractivity contribution in [2.24, 2.45) is 5.92 Å². The van der Waals surface area contributed by atoms with E-state index in [1.54, 1.807) is 0 Å². The van der Waals surface area contributed by atoms with Crippen LogP contribution in [0.1, 0.15) is 42.7 Å². The van der Waals surface area contributed by atoms with Crippen LogP contribution in [0.15, 0.2) is 10.8 Å². The number of hydrogen-bond donors (Lipinski definition) is 0. The molecule has 0 N–H and O–H groups in total. The lowest BCUT2D eigenvalue weighted by Gasteiger charge is -2.45. The van der Waals surface area contributed by atoms with Crippen molar-refractivity contribution in [2.75, 3.05) is 19.8 Å². The number of carbonyl (C=O) groups excluding carboxylic acids is 1. The standard InChI is InChI=1S/C14H20N2O3/c1-3-12-11(8-19-15-12)13(17)16-6-7-18-9-14(16,2)10-4-5-10/h8,10H,3-7,9H2,1-2H3. The highest BCUT2D eigenvalue weighted by Crippen LogP contribution is 2.44. The molecule has 5 nitrogen and oxygen atoms in total. The van der Waals surface area contributed by atoms with Crippen molar-refractivity contribution in [1.82, 2.24) is 10.1 Å². The van der Waals surface area contributed by atoms with Gasteiger partial charge in [0.1, 0.15) is 11.8 Å². The Morgan fingerprint density at radius 3 is 3.05 bits per heavy atom. The maximum absolute atomic E-state index is 12.8. The van der Waals surface area contributed by atoms with Gasteiger partial charge >= 0.3 is 0 Å². The average Bonchev–Trinajstić information content (AvgIpc) is 3.17. The normalized spacial score (nSPS) is 27.6. The van der Waals surface area contributed by atoms with Gasteiger partial charge in [-0.1, -0.05) is 12.1 Å². The first-order valence-corrected chi connectivity index (χ1v) is 6.99. The summed E-state index contributed by atoms with van der Waals surface area (Å²) >= 11 is 0. The largest absolute Gasteiger partial charge is 0.377 e. The fourth-order valence-corrected chi connectivity index (χ4v) is 2.98. The molecular weight excluding hydrogens is 244 g/mol. The van der Waals surface area contributed by atoms with E-state index >= 15 is 0 Å². The van der Waals surface area contributed by atoms with E-state index in [-0.39, 0.29) is 11.4 Å². The average molecular weight is 264 g/mol. The molecule has 1 saturated heterocycles. The smallest absolute Gasteiger partial charge is 0.259 e. The van der Waals surface area contributed by atoms with Gasteiger partial charge in [-0.25, -0.2) is 0 Å². The molecule has 19 heavy (non-hydrogen) atoms. The van der Waals surface area contributed by atoms with Crippen LogP contribution in [0.25, 0.3) is 0 Å². The molecule has 1 aliphatic heterocycles. The SMILES string of the molecule is CCc1nocc1C(=O)N1CCOCC1(C)C1CC1. The molecule has 2 aliphatic rings. The van der Waals surface area contributed by atoms with Gasteiger partial charge in [-0.3, -0.25) is 4.79 Å². The third-order valence-electron chi connectivity index (χ3n) is 4.38. The second kappa shape index (κ2) is 4.63. The van der Waals surface area contributed by atoms with Crippen molar-refractivity contribution < 1.29 is 14.1 Å². The van der Waals surface area contributed by atoms with E-state index in [0.29, 0.717) is 37.7 Å². The van der Waals surface area contributed by atoms with Crippen LogP contribution in [-0.4, -0.2) is 41.3 Å². The highest BCUT2D eigenvalue weighted by molar-refractivity contribution is 5.95. The highest BCUT2D eigenvalue weighted by Gasteiger charge is 2.49. The molecule has 1 aliphatic carbocycles. The van der Waals surface area contributed by atoms with Gasteiger partial charge in [0.2, 0.25) is 0 Å². The summed E-state index contributed by atoms with van der Waals surface area (Å²) in [6.45, 7) is 6.02. The third-order valence-corrected chi connectivity index (χ3v) is 4.38. The number of aryl methyl sites for hydroxylation is 1. The number of amides is 1. The summed E-state index contributed by atoms with van der Waals surface area (Å²) in [5.41, 5.74) is 1.18. The minimum absolute atomic E-state index is 0.0378. The predicted molar refractivity (Wildman–Crippen MR) is 68.9 cm³/mol. The molecule has 0 spiro atoms. The van der Waals surface area contributed by atoms with Crippen LogP contribution < -0.4 is 0 Å². The van der Waals surface area contributed by atoms with Crippen molar-refractivity contribution in [3.05, 3.63) is 17.5 Å². The highest BCUT2D eigenvalue weighted by atomic mass is 16.5. The Hall–Kier alpha value is -1.36. The Kier molecular flexibility index (Phi) is 3.09. The third kappa shape index (κ3) is 2.06. The number of ether oxygens (including phenoxy) is 1. The van der Waals surface area contributed by atoms with Crippen molar-refractivity contribution in [3.8, 4) is 0 Å². The van der Waals surface area contributed by atoms with Crippen LogP contribution in [0.5, 0.6) is 0 Å². The van der Waals surface area contributed by atoms with E-state index in [0.717, 1.165) is 5.69 Å². The van der Waals surface area contributed by atoms with E-state index in [1.807, 2.05) is 11.8 Å². The quantitative estimate of drug-likeness (QED) is 0.836. The van der Waals surface area contributed by atoms with Gasteiger partial charge in [-0.2, -0.15) is 0 Å². The zero-order valence-corrected chi connectivity index (χ0v) is 11.5. The minimum atomic E-state index is -0.169. The van der Waals surface area contributed by atoms with Crippen molar-refractivity contribution >= 4 is 5.91 Å². The molecule has 2 heterocycles. The Morgan fingerprint density at radius 1 is 1.58 bits per heavy atom. The zero-order valence-electron chi connectivity index (χ0n) is 11.5. The van der Waals surface area contributed by atoms with Crippen LogP contribution in [-0.2, 0) is 11.2 Å². The van der Waals surface area contributed by atoms with Crippen LogP contribution in [0, 0.1) is 5.92 Å². The van der Waals surface area contributed by atoms with Crippen LogP contribution >= 0.6 is 0 Å². The summed E-state index contributed by atoms with van der Waals surface area (Å²) in [5.74, 6) is 0.609. The van der Waals surface area contributed by atoms with Crippen molar-refractivity contribution in [1.29, 1.82) is 0 Å². The lowest BCUT2D eigenvalue weighted by Crippen LogP contribution is -2.58. The first-order valence-electron chi connectivity index (χ1n) is 6.99. The number of aromatic nitrogens is 1. The van der Waals surface area contributed by atoms with Crippen LogP contribution in [0.4, 0.5) is 0 Å². The summed E-state index contributed by atoms with van der Waals surface area (Å²) in [6.07, 6.45) is 4.56. The Labute approximate surface area is 112 Å². The summed E-state index contributed by atoms with van der Waals surface area (Å²) < 4.78 is 10.6. The number of rotatable bonds is 3. The van der Waals surface area contributed by atoms with Gasteiger partial charge in [-0.05, 0) is 32.1 Å². The molecule has 2 fully saturated rings. The van der Waals surface area contributed by atoms with E-state index in [2.05, 4.69) is 12.1 Å². The van der Waals surface area contributed by atoms with Crippen molar-refractivity contribution in [2.45, 2.75) is 38.6 Å². The Balaban J connectivity index is 1.88. The molecule has 0 bridgehead atoms. The number of morpholine rings is 1. The van der Waals surface area contributed by atoms with Gasteiger partial charge in [0.25, 0.3) is 5.91 Å². The van der Waals surface area contributed by atoms with Crippen molar-refractivity contribution in [3.63, 3.8) is 0 Å². The Bertz CT molecular complexity index is 481. The molecule has 104 valence electrons. The summed E-state index contributed by atoms with van der Waals surface area (Å²) in [6, 6.07) is 0. The summed E-state index contributed by atoms with van der Waals surface area (Å²) in [4.78, 5) is 14.7. The number of hydrogen-bond acceptors (Lipinski definition) is 4. The lowest BCUT2D eigenvalue weighted by molar-refractivity contribution is -0.0548. The molecule has 1 unspecified atom stereocenters. The first kappa shape index (κ1) is 12.7. The van der Waals surface area contributed by atoms with Gasteiger partial charge in [0.05, 0.1) is 24.4 Å². The van der Waals surface area contributed by atoms with Crippen LogP contribution in [0.3, 0.4) is 0 Å². The van der Waals surface area contributed by atoms with E-state index in [9.17, 15) is 4.79 Å². The number of nitrogens with zero attached hydrogens (tertiary/aromatic N) is 2. The molecule has 0 radical (unpaired) electrons. The Morgan fingerprint density at radius 2 is 2.37 bits per heavy atom. The molecule has 1 saturated carbocycles. The van der Waals surface area contributed by atoms with Gasteiger partial charge in [0.15, 0.2) is 0 Å². The second-order valence-corrected chi connectivity index (χ2v) is 5.67. The molecular formula is C14H20N2O3. The first-order chi connectivity index (χ1) is 9.16. The molecule has 3 rings (SSSR count). The maximum atomic E-state index is 12.8.